The van der Waals surface area contributed by atoms with Gasteiger partial charge in [-0.2, -0.15) is 18.2 Å². The third kappa shape index (κ3) is 8.22. The summed E-state index contributed by atoms with van der Waals surface area (Å²) in [4.78, 5) is 26.3. The molecule has 162 valence electrons. The second-order valence-corrected chi connectivity index (χ2v) is 7.64. The van der Waals surface area contributed by atoms with Crippen molar-refractivity contribution in [3.63, 3.8) is 0 Å². The summed E-state index contributed by atoms with van der Waals surface area (Å²) in [5.41, 5.74) is 3.92. The van der Waals surface area contributed by atoms with Crippen LogP contribution in [0.25, 0.3) is 17.2 Å². The molecule has 0 aliphatic carbocycles. The predicted octanol–water partition coefficient (Wildman–Crippen LogP) is 2.15. The molecule has 3 aromatic carbocycles. The van der Waals surface area contributed by atoms with Crippen LogP contribution in [-0.2, 0) is 9.59 Å². The number of amides is 1. The molecule has 0 aromatic heterocycles. The minimum Gasteiger partial charge on any atom is -0.497 e. The zero-order chi connectivity index (χ0) is 22.9. The fraction of sp³-hybridized carbons (Fsp3) is 0.0800. The molecule has 0 atom stereocenters. The molecule has 1 heterocycles. The van der Waals surface area contributed by atoms with Gasteiger partial charge in [-0.25, -0.2) is 0 Å². The molecule has 0 bridgehead atoms. The van der Waals surface area contributed by atoms with Crippen LogP contribution in [0.1, 0.15) is 12.5 Å². The van der Waals surface area contributed by atoms with E-state index in [1.165, 1.54) is 11.8 Å². The van der Waals surface area contributed by atoms with Gasteiger partial charge in [0.1, 0.15) is 5.75 Å². The molecule has 1 aliphatic heterocycles. The Balaban J connectivity index is 0.000000714. The molecule has 0 saturated carbocycles. The molecule has 0 unspecified atom stereocenters. The maximum Gasteiger partial charge on any atom is 1.00 e. The molecule has 1 aliphatic rings. The summed E-state index contributed by atoms with van der Waals surface area (Å²) in [6.07, 6.45) is 1.87. The van der Waals surface area contributed by atoms with Crippen molar-refractivity contribution in [2.24, 2.45) is 4.99 Å². The number of nitrogens with one attached hydrogen (secondary N) is 1. The second-order valence-electron chi connectivity index (χ2n) is 6.61. The molecule has 8 heteroatoms. The van der Waals surface area contributed by atoms with Gasteiger partial charge >= 0.3 is 29.6 Å². The number of hydrogen-bond donors (Lipinski definition) is 2. The van der Waals surface area contributed by atoms with E-state index >= 15 is 0 Å². The van der Waals surface area contributed by atoms with Crippen molar-refractivity contribution in [3.8, 4) is 16.9 Å². The van der Waals surface area contributed by atoms with Crippen molar-refractivity contribution in [1.29, 1.82) is 0 Å². The number of carbonyl (C=O) groups is 2. The zero-order valence-electron chi connectivity index (χ0n) is 18.5. The van der Waals surface area contributed by atoms with Crippen LogP contribution in [0.4, 0.5) is 5.69 Å². The minimum absolute atomic E-state index is 0. The summed E-state index contributed by atoms with van der Waals surface area (Å²) in [7, 11) is 1.66. The Bertz CT molecular complexity index is 1160. The van der Waals surface area contributed by atoms with E-state index in [4.69, 9.17) is 14.6 Å². The summed E-state index contributed by atoms with van der Waals surface area (Å²) >= 11 is 1.34. The van der Waals surface area contributed by atoms with Crippen LogP contribution in [0, 0.1) is 6.07 Å². The largest absolute Gasteiger partial charge is 1.00 e. The number of hydrogen-bond acceptors (Lipinski definition) is 5. The van der Waals surface area contributed by atoms with Crippen LogP contribution in [0.5, 0.6) is 5.75 Å². The Morgan fingerprint density at radius 3 is 2.39 bits per heavy atom. The molecule has 6 nitrogen and oxygen atoms in total. The second kappa shape index (κ2) is 13.0. The van der Waals surface area contributed by atoms with Crippen LogP contribution in [0.15, 0.2) is 82.7 Å². The SMILES string of the molecule is CC(=O)O.COc1cccc(-c2ccc(C=C3SC(=Nc4cc[c-]cc4)NC3=O)cc2)c1.[Na+]. The number of nitrogens with zero attached hydrogens (tertiary/aromatic N) is 1. The fourth-order valence-electron chi connectivity index (χ4n) is 2.78. The summed E-state index contributed by atoms with van der Waals surface area (Å²) in [6, 6.07) is 26.2. The van der Waals surface area contributed by atoms with E-state index in [1.54, 1.807) is 19.2 Å². The molecule has 1 amide bonds. The van der Waals surface area contributed by atoms with Gasteiger partial charge in [-0.1, -0.05) is 36.4 Å². The number of aliphatic carboxylic acids is 1. The van der Waals surface area contributed by atoms with Gasteiger partial charge in [0.05, 0.1) is 12.0 Å². The molecule has 3 aromatic rings. The van der Waals surface area contributed by atoms with Gasteiger partial charge in [-0.3, -0.25) is 14.6 Å². The van der Waals surface area contributed by atoms with Gasteiger partial charge in [0.15, 0.2) is 5.17 Å². The molecule has 0 spiro atoms. The third-order valence-corrected chi connectivity index (χ3v) is 5.10. The molecular formula is C25H21N2NaO4S. The van der Waals surface area contributed by atoms with Crippen LogP contribution in [0.2, 0.25) is 0 Å². The number of carbonyl (C=O) groups excluding carboxylic acids is 1. The van der Waals surface area contributed by atoms with E-state index in [2.05, 4.69) is 16.4 Å². The van der Waals surface area contributed by atoms with Crippen LogP contribution >= 0.6 is 11.8 Å². The van der Waals surface area contributed by atoms with Crippen molar-refractivity contribution in [1.82, 2.24) is 5.32 Å². The summed E-state index contributed by atoms with van der Waals surface area (Å²) in [6.45, 7) is 1.08. The Labute approximate surface area is 219 Å². The van der Waals surface area contributed by atoms with Crippen molar-refractivity contribution >= 4 is 40.6 Å². The summed E-state index contributed by atoms with van der Waals surface area (Å²) in [5.74, 6) is -0.144. The predicted molar refractivity (Wildman–Crippen MR) is 128 cm³/mol. The number of rotatable bonds is 4. The number of carboxylic acid groups (broad SMARTS) is 1. The number of thioether (sulfide) groups is 1. The maximum absolute atomic E-state index is 12.2. The Morgan fingerprint density at radius 2 is 1.76 bits per heavy atom. The Morgan fingerprint density at radius 1 is 1.09 bits per heavy atom. The molecule has 33 heavy (non-hydrogen) atoms. The van der Waals surface area contributed by atoms with Crippen molar-refractivity contribution < 1.29 is 49.0 Å². The van der Waals surface area contributed by atoms with E-state index in [1.807, 2.05) is 66.7 Å². The first kappa shape index (κ1) is 26.4. The first-order valence-corrected chi connectivity index (χ1v) is 10.5. The zero-order valence-corrected chi connectivity index (χ0v) is 21.3. The van der Waals surface area contributed by atoms with Gasteiger partial charge < -0.3 is 15.2 Å². The standard InChI is InChI=1S/C23H17N2O2S.C2H4O2.Na/c1-27-20-9-5-6-18(15-20)17-12-10-16(11-13-17)14-21-22(26)25-23(28-21)24-19-7-3-2-4-8-19;1-2(3)4;/h3-15H,1H3,(H,24,25,26);1H3,(H,3,4);/q-1;;+1. The summed E-state index contributed by atoms with van der Waals surface area (Å²) < 4.78 is 5.28. The monoisotopic (exact) mass is 468 g/mol. The average Bonchev–Trinajstić information content (AvgIpc) is 3.13. The number of ether oxygens (including phenoxy) is 1. The van der Waals surface area contributed by atoms with Gasteiger partial charge in [0, 0.05) is 6.92 Å². The number of carboxylic acids is 1. The van der Waals surface area contributed by atoms with Crippen molar-refractivity contribution in [2.75, 3.05) is 7.11 Å². The van der Waals surface area contributed by atoms with Gasteiger partial charge in [-0.05, 0) is 52.3 Å². The third-order valence-electron chi connectivity index (χ3n) is 4.19. The van der Waals surface area contributed by atoms with Gasteiger partial charge in [0.25, 0.3) is 11.9 Å². The van der Waals surface area contributed by atoms with E-state index in [0.717, 1.165) is 35.1 Å². The molecule has 0 radical (unpaired) electrons. The molecule has 2 N–H and O–H groups in total. The minimum atomic E-state index is -0.833. The Kier molecular flexibility index (Phi) is 10.4. The van der Waals surface area contributed by atoms with Crippen molar-refractivity contribution in [2.45, 2.75) is 6.92 Å². The van der Waals surface area contributed by atoms with E-state index < -0.39 is 5.97 Å². The average molecular weight is 469 g/mol. The number of methoxy groups -OCH3 is 1. The Hall–Kier alpha value is -2.84. The normalized spacial score (nSPS) is 14.7. The fourth-order valence-corrected chi connectivity index (χ4v) is 3.62. The van der Waals surface area contributed by atoms with E-state index in [-0.39, 0.29) is 35.5 Å². The van der Waals surface area contributed by atoms with Gasteiger partial charge in [0.2, 0.25) is 0 Å². The van der Waals surface area contributed by atoms with Gasteiger partial charge in [-0.15, -0.1) is 12.1 Å². The number of benzene rings is 3. The smallest absolute Gasteiger partial charge is 0.497 e. The van der Waals surface area contributed by atoms with Crippen LogP contribution in [0.3, 0.4) is 0 Å². The van der Waals surface area contributed by atoms with Crippen LogP contribution in [-0.4, -0.2) is 29.3 Å². The number of aliphatic imine (C=N–C) groups is 1. The first-order chi connectivity index (χ1) is 15.4. The maximum atomic E-state index is 12.2. The van der Waals surface area contributed by atoms with E-state index in [0.29, 0.717) is 10.1 Å². The molecule has 1 saturated heterocycles. The van der Waals surface area contributed by atoms with Crippen molar-refractivity contribution in [3.05, 3.63) is 89.3 Å². The molecule has 1 fully saturated rings. The topological polar surface area (TPSA) is 88.0 Å². The molecular weight excluding hydrogens is 447 g/mol. The van der Waals surface area contributed by atoms with Crippen LogP contribution < -0.4 is 39.6 Å². The quantitative estimate of drug-likeness (QED) is 0.348. The first-order valence-electron chi connectivity index (χ1n) is 9.64. The van der Waals surface area contributed by atoms with E-state index in [9.17, 15) is 4.79 Å². The number of amidine groups is 1. The molecule has 4 rings (SSSR count). The summed E-state index contributed by atoms with van der Waals surface area (Å²) in [5, 5.41) is 10.8.